The summed E-state index contributed by atoms with van der Waals surface area (Å²) in [4.78, 5) is 3.23. The first-order valence-electron chi connectivity index (χ1n) is 5.19. The van der Waals surface area contributed by atoms with E-state index < -0.39 is 0 Å². The van der Waals surface area contributed by atoms with Crippen LogP contribution in [-0.2, 0) is 0 Å². The monoisotopic (exact) mass is 244 g/mol. The first kappa shape index (κ1) is 10.4. The summed E-state index contributed by atoms with van der Waals surface area (Å²) in [6, 6.07) is 14.8. The lowest BCUT2D eigenvalue weighted by Gasteiger charge is -1.98. The van der Waals surface area contributed by atoms with Crippen LogP contribution in [0.15, 0.2) is 42.5 Å². The van der Waals surface area contributed by atoms with Crippen LogP contribution < -0.4 is 0 Å². The lowest BCUT2D eigenvalue weighted by Crippen LogP contribution is -1.79. The van der Waals surface area contributed by atoms with Gasteiger partial charge in [0.2, 0.25) is 0 Å². The maximum absolute atomic E-state index is 12.9. The maximum atomic E-state index is 12.9. The zero-order chi connectivity index (χ0) is 11.8. The molecule has 1 N–H and O–H groups in total. The van der Waals surface area contributed by atoms with Gasteiger partial charge in [0, 0.05) is 10.9 Å². The van der Waals surface area contributed by atoms with Gasteiger partial charge in [0.25, 0.3) is 0 Å². The van der Waals surface area contributed by atoms with Crippen LogP contribution in [0.5, 0.6) is 0 Å². The molecule has 1 radical (unpaired) electrons. The van der Waals surface area contributed by atoms with E-state index in [1.807, 2.05) is 18.2 Å². The van der Waals surface area contributed by atoms with Crippen molar-refractivity contribution in [1.29, 1.82) is 0 Å². The van der Waals surface area contributed by atoms with Crippen molar-refractivity contribution in [3.05, 3.63) is 59.4 Å². The van der Waals surface area contributed by atoms with Gasteiger partial charge in [-0.1, -0.05) is 17.7 Å². The molecule has 0 aliphatic rings. The molecule has 0 aliphatic carbocycles. The number of rotatable bonds is 1. The number of aromatic amines is 1. The summed E-state index contributed by atoms with van der Waals surface area (Å²) < 4.78 is 12.9. The van der Waals surface area contributed by atoms with E-state index in [1.165, 1.54) is 12.1 Å². The first-order chi connectivity index (χ1) is 8.25. The Bertz CT molecular complexity index is 670. The molecule has 1 aromatic heterocycles. The van der Waals surface area contributed by atoms with Crippen LogP contribution in [0.3, 0.4) is 0 Å². The minimum atomic E-state index is -0.255. The Balaban J connectivity index is 2.24. The van der Waals surface area contributed by atoms with Crippen LogP contribution in [0.25, 0.3) is 22.2 Å². The summed E-state index contributed by atoms with van der Waals surface area (Å²) in [5.74, 6) is -0.255. The molecule has 0 bridgehead atoms. The SMILES string of the molecule is Fc1ccc(-c2[nH]c3cc[c]cc3c2Cl)cc1. The second-order valence-electron chi connectivity index (χ2n) is 3.79. The van der Waals surface area contributed by atoms with Crippen molar-refractivity contribution in [2.45, 2.75) is 0 Å². The van der Waals surface area contributed by atoms with E-state index in [2.05, 4.69) is 11.1 Å². The molecule has 0 amide bonds. The highest BCUT2D eigenvalue weighted by molar-refractivity contribution is 6.38. The molecule has 0 unspecified atom stereocenters. The average Bonchev–Trinajstić information content (AvgIpc) is 2.69. The number of benzene rings is 2. The minimum Gasteiger partial charge on any atom is -0.353 e. The quantitative estimate of drug-likeness (QED) is 0.652. The third-order valence-corrected chi connectivity index (χ3v) is 3.11. The van der Waals surface area contributed by atoms with E-state index in [-0.39, 0.29) is 5.82 Å². The molecular formula is C14H8ClFN. The molecular weight excluding hydrogens is 237 g/mol. The third-order valence-electron chi connectivity index (χ3n) is 2.71. The molecule has 0 spiro atoms. The predicted octanol–water partition coefficient (Wildman–Crippen LogP) is 4.43. The zero-order valence-electron chi connectivity index (χ0n) is 8.80. The van der Waals surface area contributed by atoms with Crippen LogP contribution in [0, 0.1) is 11.9 Å². The predicted molar refractivity (Wildman–Crippen MR) is 67.5 cm³/mol. The average molecular weight is 245 g/mol. The van der Waals surface area contributed by atoms with Crippen molar-refractivity contribution in [2.24, 2.45) is 0 Å². The Hall–Kier alpha value is -1.80. The highest BCUT2D eigenvalue weighted by Crippen LogP contribution is 2.34. The van der Waals surface area contributed by atoms with E-state index in [0.29, 0.717) is 5.02 Å². The highest BCUT2D eigenvalue weighted by Gasteiger charge is 2.10. The number of H-pyrrole nitrogens is 1. The van der Waals surface area contributed by atoms with Crippen LogP contribution in [0.2, 0.25) is 5.02 Å². The normalized spacial score (nSPS) is 10.9. The minimum absolute atomic E-state index is 0.255. The molecule has 17 heavy (non-hydrogen) atoms. The molecule has 83 valence electrons. The fraction of sp³-hybridized carbons (Fsp3) is 0. The summed E-state index contributed by atoms with van der Waals surface area (Å²) in [5, 5.41) is 1.57. The second-order valence-corrected chi connectivity index (χ2v) is 4.17. The van der Waals surface area contributed by atoms with Crippen LogP contribution in [0.4, 0.5) is 4.39 Å². The van der Waals surface area contributed by atoms with Gasteiger partial charge in [0.1, 0.15) is 5.82 Å². The van der Waals surface area contributed by atoms with E-state index in [1.54, 1.807) is 12.1 Å². The fourth-order valence-electron chi connectivity index (χ4n) is 1.86. The third kappa shape index (κ3) is 1.71. The van der Waals surface area contributed by atoms with Gasteiger partial charge in [-0.15, -0.1) is 0 Å². The molecule has 0 atom stereocenters. The lowest BCUT2D eigenvalue weighted by atomic mass is 10.1. The van der Waals surface area contributed by atoms with Crippen LogP contribution in [-0.4, -0.2) is 4.98 Å². The van der Waals surface area contributed by atoms with Gasteiger partial charge < -0.3 is 4.98 Å². The van der Waals surface area contributed by atoms with E-state index >= 15 is 0 Å². The van der Waals surface area contributed by atoms with Gasteiger partial charge in [0.15, 0.2) is 0 Å². The number of aromatic nitrogens is 1. The molecule has 0 saturated carbocycles. The Morgan fingerprint density at radius 3 is 2.59 bits per heavy atom. The number of hydrogen-bond acceptors (Lipinski definition) is 0. The molecule has 0 aliphatic heterocycles. The van der Waals surface area contributed by atoms with Gasteiger partial charge in [-0.3, -0.25) is 0 Å². The molecule has 3 rings (SSSR count). The summed E-state index contributed by atoms with van der Waals surface area (Å²) in [7, 11) is 0. The second kappa shape index (κ2) is 3.90. The van der Waals surface area contributed by atoms with Crippen LogP contribution >= 0.6 is 11.6 Å². The van der Waals surface area contributed by atoms with E-state index in [9.17, 15) is 4.39 Å². The standard InChI is InChI=1S/C14H8ClFN/c15-13-11-3-1-2-4-12(11)17-14(13)9-5-7-10(16)8-6-9/h2-8,17H. The zero-order valence-corrected chi connectivity index (χ0v) is 9.55. The van der Waals surface area contributed by atoms with Crippen molar-refractivity contribution in [1.82, 2.24) is 4.98 Å². The van der Waals surface area contributed by atoms with Crippen molar-refractivity contribution in [3.63, 3.8) is 0 Å². The van der Waals surface area contributed by atoms with Gasteiger partial charge in [-0.2, -0.15) is 0 Å². The van der Waals surface area contributed by atoms with Gasteiger partial charge in [-0.05, 0) is 48.0 Å². The van der Waals surface area contributed by atoms with Gasteiger partial charge >= 0.3 is 0 Å². The van der Waals surface area contributed by atoms with Gasteiger partial charge in [0.05, 0.1) is 10.7 Å². The number of halogens is 2. The number of fused-ring (bicyclic) bond motifs is 1. The molecule has 1 heterocycles. The van der Waals surface area contributed by atoms with E-state index in [0.717, 1.165) is 22.2 Å². The smallest absolute Gasteiger partial charge is 0.123 e. The van der Waals surface area contributed by atoms with E-state index in [4.69, 9.17) is 11.6 Å². The van der Waals surface area contributed by atoms with Crippen molar-refractivity contribution in [3.8, 4) is 11.3 Å². The Labute approximate surface area is 103 Å². The number of hydrogen-bond donors (Lipinski definition) is 1. The molecule has 3 aromatic rings. The summed E-state index contributed by atoms with van der Waals surface area (Å²) in [6.45, 7) is 0. The Morgan fingerprint density at radius 2 is 1.88 bits per heavy atom. The molecule has 1 nitrogen and oxygen atoms in total. The first-order valence-corrected chi connectivity index (χ1v) is 5.57. The van der Waals surface area contributed by atoms with Gasteiger partial charge in [-0.25, -0.2) is 4.39 Å². The summed E-state index contributed by atoms with van der Waals surface area (Å²) >= 11 is 6.29. The highest BCUT2D eigenvalue weighted by atomic mass is 35.5. The van der Waals surface area contributed by atoms with Crippen molar-refractivity contribution < 1.29 is 4.39 Å². The number of nitrogens with one attached hydrogen (secondary N) is 1. The lowest BCUT2D eigenvalue weighted by molar-refractivity contribution is 0.628. The maximum Gasteiger partial charge on any atom is 0.123 e. The largest absolute Gasteiger partial charge is 0.353 e. The molecule has 2 aromatic carbocycles. The van der Waals surface area contributed by atoms with Crippen LogP contribution in [0.1, 0.15) is 0 Å². The molecule has 3 heteroatoms. The summed E-state index contributed by atoms with van der Waals surface area (Å²) in [5.41, 5.74) is 2.63. The van der Waals surface area contributed by atoms with Crippen molar-refractivity contribution >= 4 is 22.5 Å². The van der Waals surface area contributed by atoms with Crippen molar-refractivity contribution in [2.75, 3.05) is 0 Å². The topological polar surface area (TPSA) is 15.8 Å². The fourth-order valence-corrected chi connectivity index (χ4v) is 2.17. The Kier molecular flexibility index (Phi) is 2.37. The molecule has 0 fully saturated rings. The Morgan fingerprint density at radius 1 is 1.12 bits per heavy atom. The molecule has 0 saturated heterocycles. The summed E-state index contributed by atoms with van der Waals surface area (Å²) in [6.07, 6.45) is 0.